The van der Waals surface area contributed by atoms with Crippen molar-refractivity contribution in [2.45, 2.75) is 63.3 Å². The van der Waals surface area contributed by atoms with Crippen LogP contribution in [0.25, 0.3) is 10.4 Å². The zero-order chi connectivity index (χ0) is 27.2. The number of amides is 2. The molecule has 38 heavy (non-hydrogen) atoms. The number of carbonyl (C=O) groups excluding carboxylic acids is 3. The topological polar surface area (TPSA) is 137 Å². The summed E-state index contributed by atoms with van der Waals surface area (Å²) < 4.78 is 10.7. The SMILES string of the molecule is CC[C@H](C)[C@H](NC(=O)c1ccc(C2CCN(CCOC)CC2)cc1)C(=O)N1C[C@H](N=[N+]=[N-])[C@H]2OCC(=O)[C@H]21. The Morgan fingerprint density at radius 3 is 2.61 bits per heavy atom. The van der Waals surface area contributed by atoms with Crippen molar-refractivity contribution >= 4 is 17.6 Å². The van der Waals surface area contributed by atoms with Crippen LogP contribution in [0.4, 0.5) is 0 Å². The van der Waals surface area contributed by atoms with Gasteiger partial charge in [0.2, 0.25) is 5.91 Å². The third kappa shape index (κ3) is 6.02. The lowest BCUT2D eigenvalue weighted by Crippen LogP contribution is -2.54. The van der Waals surface area contributed by atoms with Gasteiger partial charge in [0, 0.05) is 30.7 Å². The molecule has 0 aliphatic carbocycles. The van der Waals surface area contributed by atoms with E-state index in [1.165, 1.54) is 10.5 Å². The summed E-state index contributed by atoms with van der Waals surface area (Å²) in [6.07, 6.45) is 2.15. The van der Waals surface area contributed by atoms with Gasteiger partial charge in [-0.1, -0.05) is 37.5 Å². The number of ketones is 1. The van der Waals surface area contributed by atoms with Gasteiger partial charge in [-0.2, -0.15) is 0 Å². The maximum Gasteiger partial charge on any atom is 0.251 e. The number of methoxy groups -OCH3 is 1. The maximum absolute atomic E-state index is 13.7. The van der Waals surface area contributed by atoms with Crippen molar-refractivity contribution in [3.63, 3.8) is 0 Å². The van der Waals surface area contributed by atoms with Gasteiger partial charge in [-0.05, 0) is 61.0 Å². The van der Waals surface area contributed by atoms with E-state index in [9.17, 15) is 14.4 Å². The Kier molecular flexibility index (Phi) is 9.38. The van der Waals surface area contributed by atoms with Crippen LogP contribution in [0.15, 0.2) is 29.4 Å². The first-order valence-corrected chi connectivity index (χ1v) is 13.5. The van der Waals surface area contributed by atoms with Gasteiger partial charge in [-0.3, -0.25) is 14.4 Å². The fourth-order valence-electron chi connectivity index (χ4n) is 5.73. The molecule has 11 heteroatoms. The van der Waals surface area contributed by atoms with Gasteiger partial charge in [-0.25, -0.2) is 0 Å². The number of azide groups is 1. The molecule has 3 fully saturated rings. The molecule has 2 amide bonds. The summed E-state index contributed by atoms with van der Waals surface area (Å²) in [4.78, 5) is 46.1. The summed E-state index contributed by atoms with van der Waals surface area (Å²) in [7, 11) is 1.72. The molecule has 206 valence electrons. The summed E-state index contributed by atoms with van der Waals surface area (Å²) in [6.45, 7) is 7.57. The monoisotopic (exact) mass is 526 g/mol. The number of carbonyl (C=O) groups is 3. The number of likely N-dealkylation sites (tertiary alicyclic amines) is 2. The highest BCUT2D eigenvalue weighted by atomic mass is 16.5. The molecule has 0 radical (unpaired) electrons. The summed E-state index contributed by atoms with van der Waals surface area (Å²) in [5.74, 6) is -0.606. The highest BCUT2D eigenvalue weighted by molar-refractivity contribution is 5.99. The summed E-state index contributed by atoms with van der Waals surface area (Å²) in [6, 6.07) is 5.41. The Morgan fingerprint density at radius 2 is 1.97 bits per heavy atom. The van der Waals surface area contributed by atoms with Gasteiger partial charge in [0.25, 0.3) is 5.91 Å². The van der Waals surface area contributed by atoms with E-state index in [1.54, 1.807) is 7.11 Å². The quantitative estimate of drug-likeness (QED) is 0.283. The third-order valence-electron chi connectivity index (χ3n) is 8.25. The molecule has 1 N–H and O–H groups in total. The van der Waals surface area contributed by atoms with Crippen LogP contribution in [0.3, 0.4) is 0 Å². The number of nitrogens with one attached hydrogen (secondary N) is 1. The number of hydrogen-bond donors (Lipinski definition) is 1. The largest absolute Gasteiger partial charge is 0.383 e. The van der Waals surface area contributed by atoms with Gasteiger partial charge < -0.3 is 24.6 Å². The molecule has 4 rings (SSSR count). The van der Waals surface area contributed by atoms with Gasteiger partial charge in [0.05, 0.1) is 18.8 Å². The Morgan fingerprint density at radius 1 is 1.26 bits per heavy atom. The molecular formula is C27H38N6O5. The molecule has 3 aliphatic heterocycles. The van der Waals surface area contributed by atoms with Crippen LogP contribution in [0, 0.1) is 5.92 Å². The number of Topliss-reactive ketones (excluding diaryl/α,β-unsaturated/α-hetero) is 1. The van der Waals surface area contributed by atoms with Crippen molar-refractivity contribution in [1.82, 2.24) is 15.1 Å². The van der Waals surface area contributed by atoms with Crippen LogP contribution in [0.2, 0.25) is 0 Å². The molecule has 3 heterocycles. The van der Waals surface area contributed by atoms with Gasteiger partial charge in [-0.15, -0.1) is 0 Å². The Hall–Kier alpha value is -2.98. The number of piperidine rings is 1. The van der Waals surface area contributed by atoms with Crippen molar-refractivity contribution in [1.29, 1.82) is 0 Å². The molecule has 1 aromatic carbocycles. The zero-order valence-electron chi connectivity index (χ0n) is 22.4. The molecule has 3 aliphatic rings. The van der Waals surface area contributed by atoms with Crippen LogP contribution in [-0.2, 0) is 19.1 Å². The van der Waals surface area contributed by atoms with E-state index >= 15 is 0 Å². The van der Waals surface area contributed by atoms with Crippen molar-refractivity contribution in [3.05, 3.63) is 45.8 Å². The van der Waals surface area contributed by atoms with E-state index in [-0.39, 0.29) is 36.7 Å². The predicted octanol–water partition coefficient (Wildman–Crippen LogP) is 2.51. The maximum atomic E-state index is 13.7. The second-order valence-electron chi connectivity index (χ2n) is 10.5. The average Bonchev–Trinajstić information content (AvgIpc) is 3.50. The second kappa shape index (κ2) is 12.7. The molecule has 1 aromatic rings. The predicted molar refractivity (Wildman–Crippen MR) is 141 cm³/mol. The van der Waals surface area contributed by atoms with Crippen LogP contribution < -0.4 is 5.32 Å². The highest BCUT2D eigenvalue weighted by Crippen LogP contribution is 2.31. The molecule has 0 spiro atoms. The Labute approximate surface area is 223 Å². The fourth-order valence-corrected chi connectivity index (χ4v) is 5.73. The third-order valence-corrected chi connectivity index (χ3v) is 8.25. The molecule has 5 atom stereocenters. The molecule has 0 saturated carbocycles. The van der Waals surface area contributed by atoms with Crippen LogP contribution in [0.1, 0.15) is 54.9 Å². The average molecular weight is 527 g/mol. The molecule has 0 unspecified atom stereocenters. The zero-order valence-corrected chi connectivity index (χ0v) is 22.4. The first kappa shape index (κ1) is 28.0. The Balaban J connectivity index is 1.42. The smallest absolute Gasteiger partial charge is 0.251 e. The lowest BCUT2D eigenvalue weighted by atomic mass is 9.89. The molecule has 0 bridgehead atoms. The number of hydrogen-bond acceptors (Lipinski definition) is 7. The minimum absolute atomic E-state index is 0.0890. The number of ether oxygens (including phenoxy) is 2. The van der Waals surface area contributed by atoms with Crippen LogP contribution >= 0.6 is 0 Å². The van der Waals surface area contributed by atoms with E-state index < -0.39 is 24.2 Å². The lowest BCUT2D eigenvalue weighted by molar-refractivity contribution is -0.139. The Bertz CT molecular complexity index is 1050. The first-order chi connectivity index (χ1) is 18.4. The van der Waals surface area contributed by atoms with Crippen molar-refractivity contribution in [2.75, 3.05) is 46.5 Å². The van der Waals surface area contributed by atoms with Crippen molar-refractivity contribution in [3.8, 4) is 0 Å². The second-order valence-corrected chi connectivity index (χ2v) is 10.5. The van der Waals surface area contributed by atoms with E-state index in [0.29, 0.717) is 17.9 Å². The number of benzene rings is 1. The van der Waals surface area contributed by atoms with Gasteiger partial charge in [0.1, 0.15) is 18.7 Å². The number of nitrogens with zero attached hydrogens (tertiary/aromatic N) is 5. The standard InChI is InChI=1S/C27H38N6O5/c1-4-17(2)23(27(36)33-15-21(30-31-28)25-24(33)22(34)16-38-25)29-26(35)20-7-5-18(6-8-20)19-9-11-32(12-10-19)13-14-37-3/h5-8,17,19,21,23-25H,4,9-16H2,1-3H3,(H,29,35)/t17-,21-,23-,24+,25+/m0/s1. The number of rotatable bonds is 10. The van der Waals surface area contributed by atoms with E-state index in [1.807, 2.05) is 38.1 Å². The van der Waals surface area contributed by atoms with E-state index in [4.69, 9.17) is 15.0 Å². The lowest BCUT2D eigenvalue weighted by Gasteiger charge is -2.32. The van der Waals surface area contributed by atoms with Crippen molar-refractivity contribution in [2.24, 2.45) is 11.0 Å². The number of fused-ring (bicyclic) bond motifs is 1. The minimum Gasteiger partial charge on any atom is -0.383 e. The van der Waals surface area contributed by atoms with Crippen molar-refractivity contribution < 1.29 is 23.9 Å². The minimum atomic E-state index is -0.817. The summed E-state index contributed by atoms with van der Waals surface area (Å²) >= 11 is 0. The normalized spacial score (nSPS) is 25.5. The summed E-state index contributed by atoms with van der Waals surface area (Å²) in [5, 5.41) is 6.67. The van der Waals surface area contributed by atoms with Crippen LogP contribution in [0.5, 0.6) is 0 Å². The summed E-state index contributed by atoms with van der Waals surface area (Å²) in [5.41, 5.74) is 10.6. The molecule has 3 saturated heterocycles. The van der Waals surface area contributed by atoms with Gasteiger partial charge >= 0.3 is 0 Å². The van der Waals surface area contributed by atoms with Crippen LogP contribution in [-0.4, -0.2) is 98.1 Å². The highest BCUT2D eigenvalue weighted by Gasteiger charge is 2.53. The van der Waals surface area contributed by atoms with E-state index in [0.717, 1.165) is 39.1 Å². The molecular weight excluding hydrogens is 488 g/mol. The van der Waals surface area contributed by atoms with Gasteiger partial charge in [0.15, 0.2) is 5.78 Å². The van der Waals surface area contributed by atoms with E-state index in [2.05, 4.69) is 20.2 Å². The fraction of sp³-hybridized carbons (Fsp3) is 0.667. The first-order valence-electron chi connectivity index (χ1n) is 13.5. The molecule has 11 nitrogen and oxygen atoms in total. The molecule has 0 aromatic heterocycles.